The van der Waals surface area contributed by atoms with E-state index < -0.39 is 0 Å². The lowest BCUT2D eigenvalue weighted by Crippen LogP contribution is -2.39. The number of hydrogen-bond acceptors (Lipinski definition) is 3. The van der Waals surface area contributed by atoms with Crippen molar-refractivity contribution in [1.29, 1.82) is 0 Å². The molecule has 0 bridgehead atoms. The predicted molar refractivity (Wildman–Crippen MR) is 64.1 cm³/mol. The molecule has 0 aromatic carbocycles. The highest BCUT2D eigenvalue weighted by Gasteiger charge is 2.19. The van der Waals surface area contributed by atoms with Crippen molar-refractivity contribution in [2.45, 2.75) is 50.7 Å². The van der Waals surface area contributed by atoms with E-state index in [4.69, 9.17) is 0 Å². The summed E-state index contributed by atoms with van der Waals surface area (Å²) in [5.74, 6) is 0. The van der Waals surface area contributed by atoms with E-state index in [0.717, 1.165) is 19.5 Å². The summed E-state index contributed by atoms with van der Waals surface area (Å²) in [6.45, 7) is 1.73. The molecule has 1 aliphatic carbocycles. The molecule has 0 aromatic rings. The standard InChI is InChI=1S/C12H26N2O/c1-13-9-8-12(15)10-14(2)11-6-4-3-5-7-11/h11-13,15H,3-10H2,1-2H3. The largest absolute Gasteiger partial charge is 0.392 e. The fraction of sp³-hybridized carbons (Fsp3) is 1.00. The summed E-state index contributed by atoms with van der Waals surface area (Å²) in [5.41, 5.74) is 0. The van der Waals surface area contributed by atoms with Crippen LogP contribution in [0.1, 0.15) is 38.5 Å². The lowest BCUT2D eigenvalue weighted by atomic mass is 9.94. The van der Waals surface area contributed by atoms with E-state index in [1.807, 2.05) is 7.05 Å². The third kappa shape index (κ3) is 4.96. The normalized spacial score (nSPS) is 20.8. The highest BCUT2D eigenvalue weighted by Crippen LogP contribution is 2.21. The quantitative estimate of drug-likeness (QED) is 0.698. The molecule has 0 saturated heterocycles. The van der Waals surface area contributed by atoms with Crippen molar-refractivity contribution in [2.24, 2.45) is 0 Å². The number of likely N-dealkylation sites (N-methyl/N-ethyl adjacent to an activating group) is 1. The van der Waals surface area contributed by atoms with Gasteiger partial charge in [0.05, 0.1) is 6.10 Å². The van der Waals surface area contributed by atoms with Crippen LogP contribution in [-0.2, 0) is 0 Å². The van der Waals surface area contributed by atoms with Crippen molar-refractivity contribution in [3.63, 3.8) is 0 Å². The molecule has 0 heterocycles. The van der Waals surface area contributed by atoms with Crippen LogP contribution in [0.4, 0.5) is 0 Å². The van der Waals surface area contributed by atoms with Crippen LogP contribution in [0.25, 0.3) is 0 Å². The summed E-state index contributed by atoms with van der Waals surface area (Å²) in [6.07, 6.45) is 7.43. The van der Waals surface area contributed by atoms with Gasteiger partial charge in [-0.05, 0) is 39.9 Å². The van der Waals surface area contributed by atoms with Gasteiger partial charge in [-0.3, -0.25) is 0 Å². The Morgan fingerprint density at radius 2 is 2.00 bits per heavy atom. The molecule has 3 nitrogen and oxygen atoms in total. The second kappa shape index (κ2) is 7.20. The zero-order valence-corrected chi connectivity index (χ0v) is 10.2. The Labute approximate surface area is 93.9 Å². The van der Waals surface area contributed by atoms with Crippen molar-refractivity contribution in [1.82, 2.24) is 10.2 Å². The van der Waals surface area contributed by atoms with Crippen LogP contribution in [0.3, 0.4) is 0 Å². The molecule has 1 saturated carbocycles. The molecule has 1 rings (SSSR count). The Balaban J connectivity index is 2.17. The number of nitrogens with one attached hydrogen (secondary N) is 1. The zero-order valence-electron chi connectivity index (χ0n) is 10.2. The van der Waals surface area contributed by atoms with E-state index in [1.165, 1.54) is 32.1 Å². The minimum atomic E-state index is -0.177. The second-order valence-electron chi connectivity index (χ2n) is 4.78. The van der Waals surface area contributed by atoms with Crippen LogP contribution in [0.5, 0.6) is 0 Å². The van der Waals surface area contributed by atoms with E-state index in [2.05, 4.69) is 17.3 Å². The maximum absolute atomic E-state index is 9.80. The number of nitrogens with zero attached hydrogens (tertiary/aromatic N) is 1. The summed E-state index contributed by atoms with van der Waals surface area (Å²) in [7, 11) is 4.08. The molecule has 15 heavy (non-hydrogen) atoms. The van der Waals surface area contributed by atoms with Gasteiger partial charge in [-0.15, -0.1) is 0 Å². The Bertz CT molecular complexity index is 158. The molecule has 3 heteroatoms. The van der Waals surface area contributed by atoms with Crippen molar-refractivity contribution < 1.29 is 5.11 Å². The van der Waals surface area contributed by atoms with Crippen LogP contribution in [0.2, 0.25) is 0 Å². The lowest BCUT2D eigenvalue weighted by molar-refractivity contribution is 0.0861. The van der Waals surface area contributed by atoms with Crippen LogP contribution in [0, 0.1) is 0 Å². The minimum absolute atomic E-state index is 0.177. The average molecular weight is 214 g/mol. The molecular weight excluding hydrogens is 188 g/mol. The fourth-order valence-electron chi connectivity index (χ4n) is 2.41. The highest BCUT2D eigenvalue weighted by atomic mass is 16.3. The number of hydrogen-bond donors (Lipinski definition) is 2. The van der Waals surface area contributed by atoms with E-state index in [0.29, 0.717) is 6.04 Å². The SMILES string of the molecule is CNCCC(O)CN(C)C1CCCCC1. The topological polar surface area (TPSA) is 35.5 Å². The van der Waals surface area contributed by atoms with Crippen LogP contribution in [-0.4, -0.2) is 49.3 Å². The lowest BCUT2D eigenvalue weighted by Gasteiger charge is -2.32. The van der Waals surface area contributed by atoms with Crippen LogP contribution < -0.4 is 5.32 Å². The second-order valence-corrected chi connectivity index (χ2v) is 4.78. The summed E-state index contributed by atoms with van der Waals surface area (Å²) >= 11 is 0. The first-order valence-electron chi connectivity index (χ1n) is 6.27. The number of rotatable bonds is 6. The van der Waals surface area contributed by atoms with Gasteiger partial charge in [0.15, 0.2) is 0 Å². The summed E-state index contributed by atoms with van der Waals surface area (Å²) in [6, 6.07) is 0.711. The Morgan fingerprint density at radius 3 is 2.60 bits per heavy atom. The third-order valence-electron chi connectivity index (χ3n) is 3.42. The van der Waals surface area contributed by atoms with Crippen LogP contribution in [0.15, 0.2) is 0 Å². The monoisotopic (exact) mass is 214 g/mol. The molecule has 90 valence electrons. The van der Waals surface area contributed by atoms with Crippen molar-refractivity contribution >= 4 is 0 Å². The van der Waals surface area contributed by atoms with Gasteiger partial charge in [-0.2, -0.15) is 0 Å². The van der Waals surface area contributed by atoms with Gasteiger partial charge in [0, 0.05) is 12.6 Å². The molecule has 2 N–H and O–H groups in total. The van der Waals surface area contributed by atoms with Crippen molar-refractivity contribution in [3.05, 3.63) is 0 Å². The molecule has 1 fully saturated rings. The van der Waals surface area contributed by atoms with Gasteiger partial charge in [-0.1, -0.05) is 19.3 Å². The molecule has 0 amide bonds. The molecule has 0 radical (unpaired) electrons. The van der Waals surface area contributed by atoms with Gasteiger partial charge >= 0.3 is 0 Å². The highest BCUT2D eigenvalue weighted by molar-refractivity contribution is 4.75. The van der Waals surface area contributed by atoms with Crippen molar-refractivity contribution in [2.75, 3.05) is 27.2 Å². The molecule has 0 spiro atoms. The van der Waals surface area contributed by atoms with E-state index >= 15 is 0 Å². The molecule has 0 aromatic heterocycles. The van der Waals surface area contributed by atoms with E-state index in [-0.39, 0.29) is 6.10 Å². The fourth-order valence-corrected chi connectivity index (χ4v) is 2.41. The van der Waals surface area contributed by atoms with Gasteiger partial charge in [0.1, 0.15) is 0 Å². The van der Waals surface area contributed by atoms with Gasteiger partial charge in [0.2, 0.25) is 0 Å². The molecule has 1 aliphatic rings. The summed E-state index contributed by atoms with van der Waals surface area (Å²) < 4.78 is 0. The van der Waals surface area contributed by atoms with E-state index in [9.17, 15) is 5.11 Å². The number of aliphatic hydroxyl groups is 1. The maximum Gasteiger partial charge on any atom is 0.0679 e. The molecule has 1 unspecified atom stereocenters. The molecule has 1 atom stereocenters. The summed E-state index contributed by atoms with van der Waals surface area (Å²) in [5, 5.41) is 12.9. The first-order valence-corrected chi connectivity index (χ1v) is 6.27. The van der Waals surface area contributed by atoms with Crippen molar-refractivity contribution in [3.8, 4) is 0 Å². The average Bonchev–Trinajstić information content (AvgIpc) is 2.27. The third-order valence-corrected chi connectivity index (χ3v) is 3.42. The van der Waals surface area contributed by atoms with Gasteiger partial charge in [-0.25, -0.2) is 0 Å². The molecular formula is C12H26N2O. The maximum atomic E-state index is 9.80. The van der Waals surface area contributed by atoms with Gasteiger partial charge < -0.3 is 15.3 Å². The first-order chi connectivity index (χ1) is 7.24. The predicted octanol–water partition coefficient (Wildman–Crippen LogP) is 1.22. The zero-order chi connectivity index (χ0) is 11.1. The Morgan fingerprint density at radius 1 is 1.33 bits per heavy atom. The number of aliphatic hydroxyl groups excluding tert-OH is 1. The van der Waals surface area contributed by atoms with Crippen LogP contribution >= 0.6 is 0 Å². The minimum Gasteiger partial charge on any atom is -0.392 e. The van der Waals surface area contributed by atoms with Gasteiger partial charge in [0.25, 0.3) is 0 Å². The first kappa shape index (κ1) is 12.9. The Hall–Kier alpha value is -0.120. The smallest absolute Gasteiger partial charge is 0.0679 e. The Kier molecular flexibility index (Phi) is 6.22. The molecule has 0 aliphatic heterocycles. The van der Waals surface area contributed by atoms with E-state index in [1.54, 1.807) is 0 Å². The summed E-state index contributed by atoms with van der Waals surface area (Å²) in [4.78, 5) is 2.35.